The van der Waals surface area contributed by atoms with Crippen LogP contribution in [0, 0.1) is 0 Å². The Morgan fingerprint density at radius 1 is 0.675 bits per heavy atom. The van der Waals surface area contributed by atoms with E-state index in [9.17, 15) is 14.4 Å². The van der Waals surface area contributed by atoms with Crippen molar-refractivity contribution in [3.8, 4) is 0 Å². The minimum absolute atomic E-state index is 0. The molecular formula is C32H61ClN2O5. The first-order valence-corrected chi connectivity index (χ1v) is 14.7. The molecule has 0 heterocycles. The Hall–Kier alpha value is -2.12. The molecule has 0 saturated heterocycles. The highest BCUT2D eigenvalue weighted by atomic mass is 35.5. The van der Waals surface area contributed by atoms with Crippen LogP contribution in [-0.4, -0.2) is 50.2 Å². The van der Waals surface area contributed by atoms with Crippen LogP contribution in [0.5, 0.6) is 0 Å². The van der Waals surface area contributed by atoms with Crippen LogP contribution in [0.25, 0.3) is 0 Å². The standard InChI is InChI=1S/C22H42O2.C7H14NO2.C3H5NO.ClH/c1-4-5-6-7-8-9-10-11-12-13-14-15-16-17-18-19-20-24-22(23)21(2)3;1-6(2)7(9)10-8(3,4)5;1-2-3(4)5;/h2,4-20H2,1,3H3;1H2,2-5H3;2H,1H2,(H2,4,5);1H/q;+1;;/p-1. The van der Waals surface area contributed by atoms with E-state index in [2.05, 4.69) is 32.4 Å². The van der Waals surface area contributed by atoms with Crippen molar-refractivity contribution < 1.29 is 41.0 Å². The van der Waals surface area contributed by atoms with Crippen LogP contribution in [-0.2, 0) is 24.0 Å². The molecule has 7 nitrogen and oxygen atoms in total. The molecule has 0 aliphatic rings. The van der Waals surface area contributed by atoms with Gasteiger partial charge in [0.25, 0.3) is 0 Å². The van der Waals surface area contributed by atoms with E-state index < -0.39 is 5.91 Å². The molecule has 0 bridgehead atoms. The number of quaternary nitrogens is 1. The van der Waals surface area contributed by atoms with E-state index in [1.54, 1.807) is 35.0 Å². The molecule has 2 N–H and O–H groups in total. The van der Waals surface area contributed by atoms with Gasteiger partial charge in [-0.05, 0) is 26.3 Å². The number of primary amides is 1. The molecule has 0 aromatic heterocycles. The Balaban J connectivity index is -0.000000333. The molecule has 0 rings (SSSR count). The molecule has 0 aliphatic carbocycles. The minimum atomic E-state index is -0.481. The number of nitrogens with zero attached hydrogens (tertiary/aromatic N) is 1. The quantitative estimate of drug-likeness (QED) is 0.0686. The highest BCUT2D eigenvalue weighted by Crippen LogP contribution is 2.13. The lowest BCUT2D eigenvalue weighted by Gasteiger charge is -2.19. The number of unbranched alkanes of at least 4 members (excludes halogenated alkanes) is 15. The summed E-state index contributed by atoms with van der Waals surface area (Å²) in [6.07, 6.45) is 22.8. The molecular weight excluding hydrogens is 528 g/mol. The fourth-order valence-electron chi connectivity index (χ4n) is 3.26. The van der Waals surface area contributed by atoms with Gasteiger partial charge in [0.2, 0.25) is 5.91 Å². The largest absolute Gasteiger partial charge is 1.00 e. The average Bonchev–Trinajstić information content (AvgIpc) is 2.85. The van der Waals surface area contributed by atoms with Gasteiger partial charge in [0.15, 0.2) is 0 Å². The van der Waals surface area contributed by atoms with Crippen molar-refractivity contribution in [1.82, 2.24) is 0 Å². The summed E-state index contributed by atoms with van der Waals surface area (Å²) < 4.78 is 5.26. The highest BCUT2D eigenvalue weighted by molar-refractivity contribution is 5.87. The molecule has 0 spiro atoms. The molecule has 0 radical (unpaired) electrons. The van der Waals surface area contributed by atoms with E-state index >= 15 is 0 Å². The Labute approximate surface area is 252 Å². The fraction of sp³-hybridized carbons (Fsp3) is 0.719. The third-order valence-corrected chi connectivity index (χ3v) is 5.49. The van der Waals surface area contributed by atoms with E-state index in [0.29, 0.717) is 17.8 Å². The van der Waals surface area contributed by atoms with Crippen LogP contribution in [0.1, 0.15) is 124 Å². The summed E-state index contributed by atoms with van der Waals surface area (Å²) in [6, 6.07) is 0. The van der Waals surface area contributed by atoms with Crippen LogP contribution >= 0.6 is 0 Å². The lowest BCUT2D eigenvalue weighted by Crippen LogP contribution is -3.00. The number of carbonyl (C=O) groups excluding carboxylic acids is 3. The first-order chi connectivity index (χ1) is 18.3. The number of hydroxylamine groups is 3. The predicted octanol–water partition coefficient (Wildman–Crippen LogP) is 4.76. The minimum Gasteiger partial charge on any atom is -1.00 e. The number of amides is 1. The summed E-state index contributed by atoms with van der Waals surface area (Å²) in [4.78, 5) is 36.4. The van der Waals surface area contributed by atoms with Crippen molar-refractivity contribution in [2.75, 3.05) is 27.7 Å². The zero-order valence-electron chi connectivity index (χ0n) is 26.7. The van der Waals surface area contributed by atoms with E-state index in [0.717, 1.165) is 12.5 Å². The van der Waals surface area contributed by atoms with Gasteiger partial charge in [0.1, 0.15) is 21.1 Å². The van der Waals surface area contributed by atoms with Crippen LogP contribution in [0.2, 0.25) is 0 Å². The highest BCUT2D eigenvalue weighted by Gasteiger charge is 2.15. The van der Waals surface area contributed by atoms with Crippen molar-refractivity contribution in [3.05, 3.63) is 37.0 Å². The SMILES string of the molecule is C=C(C)C(=O)OCCCCCCCCCCCCCCCCCC.C=C(C)C(=O)O[N+](C)(C)C.C=CC(N)=O.[Cl-]. The summed E-state index contributed by atoms with van der Waals surface area (Å²) in [5.41, 5.74) is 5.45. The normalized spacial score (nSPS) is 9.95. The summed E-state index contributed by atoms with van der Waals surface area (Å²) in [5.74, 6) is -1.09. The van der Waals surface area contributed by atoms with Crippen molar-refractivity contribution in [2.45, 2.75) is 124 Å². The maximum atomic E-state index is 11.2. The number of hydrogen-bond acceptors (Lipinski definition) is 5. The van der Waals surface area contributed by atoms with E-state index in [4.69, 9.17) is 9.57 Å². The second-order valence-electron chi connectivity index (χ2n) is 10.9. The Kier molecular flexibility index (Phi) is 35.2. The Morgan fingerprint density at radius 2 is 0.975 bits per heavy atom. The van der Waals surface area contributed by atoms with Gasteiger partial charge < -0.3 is 22.9 Å². The summed E-state index contributed by atoms with van der Waals surface area (Å²) in [7, 11) is 5.29. The molecule has 0 saturated carbocycles. The smallest absolute Gasteiger partial charge is 0.392 e. The maximum absolute atomic E-state index is 11.2. The number of ether oxygens (including phenoxy) is 1. The van der Waals surface area contributed by atoms with E-state index in [1.807, 2.05) is 0 Å². The van der Waals surface area contributed by atoms with Crippen LogP contribution in [0.15, 0.2) is 37.0 Å². The molecule has 0 aliphatic heterocycles. The average molecular weight is 589 g/mol. The lowest BCUT2D eigenvalue weighted by molar-refractivity contribution is -1.04. The monoisotopic (exact) mass is 588 g/mol. The van der Waals surface area contributed by atoms with Gasteiger partial charge >= 0.3 is 11.9 Å². The van der Waals surface area contributed by atoms with Gasteiger partial charge in [-0.2, -0.15) is 0 Å². The van der Waals surface area contributed by atoms with Crippen molar-refractivity contribution in [2.24, 2.45) is 5.73 Å². The Bertz CT molecular complexity index is 687. The number of rotatable bonds is 21. The molecule has 8 heteroatoms. The zero-order chi connectivity index (χ0) is 30.5. The maximum Gasteiger partial charge on any atom is 0.392 e. The van der Waals surface area contributed by atoms with Crippen molar-refractivity contribution in [1.29, 1.82) is 0 Å². The molecule has 40 heavy (non-hydrogen) atoms. The number of hydrogen-bond donors (Lipinski definition) is 1. The first kappa shape index (κ1) is 44.9. The van der Waals surface area contributed by atoms with E-state index in [1.165, 1.54) is 96.3 Å². The van der Waals surface area contributed by atoms with Crippen LogP contribution in [0.4, 0.5) is 0 Å². The van der Waals surface area contributed by atoms with Gasteiger partial charge in [-0.25, -0.2) is 9.59 Å². The zero-order valence-corrected chi connectivity index (χ0v) is 27.4. The van der Waals surface area contributed by atoms with Gasteiger partial charge in [-0.3, -0.25) is 9.63 Å². The summed E-state index contributed by atoms with van der Waals surface area (Å²) >= 11 is 0. The van der Waals surface area contributed by atoms with Crippen molar-refractivity contribution >= 4 is 17.8 Å². The molecule has 0 atom stereocenters. The molecule has 0 unspecified atom stereocenters. The predicted molar refractivity (Wildman–Crippen MR) is 164 cm³/mol. The van der Waals surface area contributed by atoms with Crippen molar-refractivity contribution in [3.63, 3.8) is 0 Å². The molecule has 1 amide bonds. The van der Waals surface area contributed by atoms with Gasteiger partial charge in [0.05, 0.1) is 6.61 Å². The Morgan fingerprint density at radius 3 is 1.20 bits per heavy atom. The summed E-state index contributed by atoms with van der Waals surface area (Å²) in [6.45, 7) is 16.3. The molecule has 0 aromatic carbocycles. The van der Waals surface area contributed by atoms with Crippen LogP contribution < -0.4 is 18.1 Å². The second kappa shape index (κ2) is 31.4. The third-order valence-electron chi connectivity index (χ3n) is 5.49. The van der Waals surface area contributed by atoms with Gasteiger partial charge in [-0.15, -0.1) is 4.65 Å². The second-order valence-corrected chi connectivity index (χ2v) is 10.9. The van der Waals surface area contributed by atoms with Gasteiger partial charge in [0, 0.05) is 11.1 Å². The fourth-order valence-corrected chi connectivity index (χ4v) is 3.26. The van der Waals surface area contributed by atoms with E-state index in [-0.39, 0.29) is 29.0 Å². The molecule has 0 fully saturated rings. The number of esters is 1. The number of nitrogens with two attached hydrogens (primary N) is 1. The molecule has 236 valence electrons. The third kappa shape index (κ3) is 43.0. The number of halogens is 1. The van der Waals surface area contributed by atoms with Gasteiger partial charge in [-0.1, -0.05) is 123 Å². The number of carbonyl (C=O) groups is 3. The topological polar surface area (TPSA) is 95.7 Å². The van der Waals surface area contributed by atoms with Crippen LogP contribution in [0.3, 0.4) is 0 Å². The first-order valence-electron chi connectivity index (χ1n) is 14.7. The molecule has 0 aromatic rings. The lowest BCUT2D eigenvalue weighted by atomic mass is 10.0. The summed E-state index contributed by atoms with van der Waals surface area (Å²) in [5, 5.41) is 0.